The Morgan fingerprint density at radius 3 is 2.50 bits per heavy atom. The highest BCUT2D eigenvalue weighted by Gasteiger charge is 2.31. The topological polar surface area (TPSA) is 81.4 Å². The number of esters is 1. The third-order valence-corrected chi connectivity index (χ3v) is 3.77. The minimum Gasteiger partial charge on any atom is -0.449 e. The minimum absolute atomic E-state index is 0.0850. The van der Waals surface area contributed by atoms with Gasteiger partial charge in [-0.25, -0.2) is 4.79 Å². The predicted molar refractivity (Wildman–Crippen MR) is 85.9 cm³/mol. The second-order valence-corrected chi connectivity index (χ2v) is 5.84. The highest BCUT2D eigenvalue weighted by Crippen LogP contribution is 2.33. The number of halogens is 4. The van der Waals surface area contributed by atoms with Crippen molar-refractivity contribution in [2.45, 2.75) is 33.1 Å². The number of carbonyl (C=O) groups is 2. The first-order chi connectivity index (χ1) is 12.0. The van der Waals surface area contributed by atoms with Gasteiger partial charge in [-0.05, 0) is 39.0 Å². The van der Waals surface area contributed by atoms with Gasteiger partial charge in [-0.2, -0.15) is 13.2 Å². The molecule has 0 aliphatic rings. The summed E-state index contributed by atoms with van der Waals surface area (Å²) in [4.78, 5) is 24.2. The molecule has 0 fully saturated rings. The molecule has 1 N–H and O–H groups in total. The molecule has 1 atom stereocenters. The van der Waals surface area contributed by atoms with Crippen LogP contribution in [-0.4, -0.2) is 23.1 Å². The molecule has 6 nitrogen and oxygen atoms in total. The maximum absolute atomic E-state index is 12.8. The Hall–Kier alpha value is -2.55. The number of nitrogens with zero attached hydrogens (tertiary/aromatic N) is 1. The molecule has 26 heavy (non-hydrogen) atoms. The van der Waals surface area contributed by atoms with Crippen LogP contribution in [0.5, 0.6) is 0 Å². The van der Waals surface area contributed by atoms with Gasteiger partial charge in [0, 0.05) is 0 Å². The third-order valence-electron chi connectivity index (χ3n) is 3.44. The summed E-state index contributed by atoms with van der Waals surface area (Å²) in [5.41, 5.74) is -0.841. The highest BCUT2D eigenvalue weighted by atomic mass is 35.5. The normalized spacial score (nSPS) is 12.6. The molecule has 1 aromatic carbocycles. The number of amides is 1. The van der Waals surface area contributed by atoms with Crippen LogP contribution < -0.4 is 5.32 Å². The monoisotopic (exact) mass is 390 g/mol. The summed E-state index contributed by atoms with van der Waals surface area (Å²) in [5.74, 6) is -1.45. The summed E-state index contributed by atoms with van der Waals surface area (Å²) in [6.45, 7) is 4.30. The number of aryl methyl sites for hydroxylation is 2. The van der Waals surface area contributed by atoms with Crippen LogP contribution in [0.4, 0.5) is 18.9 Å². The fourth-order valence-corrected chi connectivity index (χ4v) is 2.24. The molecule has 2 rings (SSSR count). The van der Waals surface area contributed by atoms with Crippen LogP contribution in [0.2, 0.25) is 5.02 Å². The summed E-state index contributed by atoms with van der Waals surface area (Å²) in [6, 6.07) is 2.50. The van der Waals surface area contributed by atoms with E-state index in [4.69, 9.17) is 20.9 Å². The SMILES string of the molecule is Cc1noc(C)c1C(=O)O[C@@H](C)C(=O)Nc1cc(C(F)(F)F)ccc1Cl. The summed E-state index contributed by atoms with van der Waals surface area (Å²) in [7, 11) is 0. The molecule has 2 aromatic rings. The Morgan fingerprint density at radius 2 is 1.96 bits per heavy atom. The lowest BCUT2D eigenvalue weighted by atomic mass is 10.2. The minimum atomic E-state index is -4.59. The van der Waals surface area contributed by atoms with Crippen LogP contribution in [0, 0.1) is 13.8 Å². The third kappa shape index (κ3) is 4.34. The van der Waals surface area contributed by atoms with Crippen LogP contribution >= 0.6 is 11.6 Å². The standard InChI is InChI=1S/C16H14ClF3N2O4/c1-7-13(8(2)26-22-7)15(24)25-9(3)14(23)21-12-6-10(16(18,19)20)4-5-11(12)17/h4-6,9H,1-3H3,(H,21,23)/t9-/m0/s1. The van der Waals surface area contributed by atoms with Gasteiger partial charge in [-0.1, -0.05) is 16.8 Å². The number of anilines is 1. The maximum atomic E-state index is 12.8. The molecule has 0 radical (unpaired) electrons. The number of nitrogens with one attached hydrogen (secondary N) is 1. The van der Waals surface area contributed by atoms with Crippen molar-refractivity contribution in [1.82, 2.24) is 5.16 Å². The first-order valence-electron chi connectivity index (χ1n) is 7.32. The second-order valence-electron chi connectivity index (χ2n) is 5.43. The molecular formula is C16H14ClF3N2O4. The lowest BCUT2D eigenvalue weighted by Gasteiger charge is -2.15. The van der Waals surface area contributed by atoms with Gasteiger partial charge in [-0.3, -0.25) is 4.79 Å². The van der Waals surface area contributed by atoms with Crippen molar-refractivity contribution in [2.75, 3.05) is 5.32 Å². The first kappa shape index (κ1) is 19.8. The maximum Gasteiger partial charge on any atom is 0.416 e. The van der Waals surface area contributed by atoms with Crippen LogP contribution in [-0.2, 0) is 15.7 Å². The molecule has 0 saturated carbocycles. The largest absolute Gasteiger partial charge is 0.449 e. The number of benzene rings is 1. The summed E-state index contributed by atoms with van der Waals surface area (Å²) < 4.78 is 48.1. The van der Waals surface area contributed by atoms with E-state index in [9.17, 15) is 22.8 Å². The number of aromatic nitrogens is 1. The molecule has 0 unspecified atom stereocenters. The van der Waals surface area contributed by atoms with Crippen LogP contribution in [0.15, 0.2) is 22.7 Å². The van der Waals surface area contributed by atoms with Crippen molar-refractivity contribution < 1.29 is 32.0 Å². The van der Waals surface area contributed by atoms with E-state index in [2.05, 4.69) is 10.5 Å². The van der Waals surface area contributed by atoms with Crippen molar-refractivity contribution in [2.24, 2.45) is 0 Å². The number of hydrogen-bond donors (Lipinski definition) is 1. The lowest BCUT2D eigenvalue weighted by molar-refractivity contribution is -0.137. The van der Waals surface area contributed by atoms with Crippen LogP contribution in [0.25, 0.3) is 0 Å². The van der Waals surface area contributed by atoms with Crippen molar-refractivity contribution in [3.63, 3.8) is 0 Å². The smallest absolute Gasteiger partial charge is 0.416 e. The van der Waals surface area contributed by atoms with Crippen molar-refractivity contribution in [1.29, 1.82) is 0 Å². The zero-order chi connectivity index (χ0) is 19.6. The molecule has 1 heterocycles. The zero-order valence-corrected chi connectivity index (χ0v) is 14.7. The van der Waals surface area contributed by atoms with Crippen LogP contribution in [0.1, 0.15) is 34.3 Å². The molecule has 0 aliphatic carbocycles. The van der Waals surface area contributed by atoms with Crippen LogP contribution in [0.3, 0.4) is 0 Å². The number of ether oxygens (including phenoxy) is 1. The average Bonchev–Trinajstić information content (AvgIpc) is 2.87. The van der Waals surface area contributed by atoms with E-state index in [0.717, 1.165) is 12.1 Å². The summed E-state index contributed by atoms with van der Waals surface area (Å²) in [5, 5.41) is 5.73. The fourth-order valence-electron chi connectivity index (χ4n) is 2.08. The van der Waals surface area contributed by atoms with Gasteiger partial charge in [-0.15, -0.1) is 0 Å². The molecule has 10 heteroatoms. The van der Waals surface area contributed by atoms with Gasteiger partial charge in [0.15, 0.2) is 6.10 Å². The van der Waals surface area contributed by atoms with E-state index in [1.54, 1.807) is 0 Å². The Bertz CT molecular complexity index is 829. The lowest BCUT2D eigenvalue weighted by Crippen LogP contribution is -2.30. The van der Waals surface area contributed by atoms with Gasteiger partial charge in [0.05, 0.1) is 22.0 Å². The van der Waals surface area contributed by atoms with Crippen molar-refractivity contribution in [3.8, 4) is 0 Å². The molecule has 0 spiro atoms. The van der Waals surface area contributed by atoms with Gasteiger partial charge >= 0.3 is 12.1 Å². The van der Waals surface area contributed by atoms with Gasteiger partial charge < -0.3 is 14.6 Å². The Kier molecular flexibility index (Phi) is 5.60. The average molecular weight is 391 g/mol. The zero-order valence-electron chi connectivity index (χ0n) is 13.9. The van der Waals surface area contributed by atoms with E-state index in [-0.39, 0.29) is 22.0 Å². The summed E-state index contributed by atoms with van der Waals surface area (Å²) in [6.07, 6.45) is -5.88. The number of hydrogen-bond acceptors (Lipinski definition) is 5. The number of rotatable bonds is 4. The molecule has 0 bridgehead atoms. The highest BCUT2D eigenvalue weighted by molar-refractivity contribution is 6.33. The second kappa shape index (κ2) is 7.36. The molecule has 0 aliphatic heterocycles. The van der Waals surface area contributed by atoms with Crippen molar-refractivity contribution in [3.05, 3.63) is 45.8 Å². The quantitative estimate of drug-likeness (QED) is 0.793. The molecular weight excluding hydrogens is 377 g/mol. The van der Waals surface area contributed by atoms with Gasteiger partial charge in [0.1, 0.15) is 11.3 Å². The fraction of sp³-hybridized carbons (Fsp3) is 0.312. The number of alkyl halides is 3. The molecule has 1 aromatic heterocycles. The Morgan fingerprint density at radius 1 is 1.31 bits per heavy atom. The van der Waals surface area contributed by atoms with Gasteiger partial charge in [0.25, 0.3) is 5.91 Å². The van der Waals surface area contributed by atoms with Gasteiger partial charge in [0.2, 0.25) is 0 Å². The Balaban J connectivity index is 2.11. The summed E-state index contributed by atoms with van der Waals surface area (Å²) >= 11 is 5.81. The molecule has 140 valence electrons. The molecule has 1 amide bonds. The molecule has 0 saturated heterocycles. The van der Waals surface area contributed by atoms with E-state index < -0.39 is 29.7 Å². The van der Waals surface area contributed by atoms with Crippen molar-refractivity contribution >= 4 is 29.2 Å². The first-order valence-corrected chi connectivity index (χ1v) is 7.70. The Labute approximate surface area is 151 Å². The van der Waals surface area contributed by atoms with E-state index in [0.29, 0.717) is 11.8 Å². The van der Waals surface area contributed by atoms with E-state index >= 15 is 0 Å². The number of carbonyl (C=O) groups excluding carboxylic acids is 2. The predicted octanol–water partition coefficient (Wildman–Crippen LogP) is 4.15. The van der Waals surface area contributed by atoms with E-state index in [1.165, 1.54) is 20.8 Å². The van der Waals surface area contributed by atoms with E-state index in [1.807, 2.05) is 0 Å².